The SMILES string of the molecule is Cc1cnc(C(=O)N(CCc2ccccc2)C[C@@H]2CCCN(C)C2)[nH]1. The second kappa shape index (κ2) is 8.30. The summed E-state index contributed by atoms with van der Waals surface area (Å²) in [6, 6.07) is 10.4. The van der Waals surface area contributed by atoms with Gasteiger partial charge in [-0.15, -0.1) is 0 Å². The van der Waals surface area contributed by atoms with E-state index in [1.165, 1.54) is 18.4 Å². The smallest absolute Gasteiger partial charge is 0.289 e. The first kappa shape index (κ1) is 17.7. The Hall–Kier alpha value is -2.14. The Balaban J connectivity index is 1.69. The van der Waals surface area contributed by atoms with Crippen LogP contribution in [-0.4, -0.2) is 58.9 Å². The van der Waals surface area contributed by atoms with Gasteiger partial charge in [0.25, 0.3) is 5.91 Å². The summed E-state index contributed by atoms with van der Waals surface area (Å²) in [5, 5.41) is 0. The molecule has 0 unspecified atom stereocenters. The quantitative estimate of drug-likeness (QED) is 0.880. The van der Waals surface area contributed by atoms with Gasteiger partial charge in [0.05, 0.1) is 0 Å². The van der Waals surface area contributed by atoms with E-state index in [4.69, 9.17) is 0 Å². The maximum atomic E-state index is 13.0. The van der Waals surface area contributed by atoms with E-state index in [-0.39, 0.29) is 5.91 Å². The molecule has 1 aromatic heterocycles. The second-order valence-electron chi connectivity index (χ2n) is 7.17. The summed E-state index contributed by atoms with van der Waals surface area (Å²) >= 11 is 0. The number of nitrogens with zero attached hydrogens (tertiary/aromatic N) is 3. The lowest BCUT2D eigenvalue weighted by Gasteiger charge is -2.33. The highest BCUT2D eigenvalue weighted by Crippen LogP contribution is 2.18. The van der Waals surface area contributed by atoms with Crippen LogP contribution in [0.2, 0.25) is 0 Å². The number of aromatic amines is 1. The lowest BCUT2D eigenvalue weighted by Crippen LogP contribution is -2.42. The number of likely N-dealkylation sites (tertiary alicyclic amines) is 1. The first-order valence-corrected chi connectivity index (χ1v) is 9.15. The number of amides is 1. The zero-order valence-electron chi connectivity index (χ0n) is 15.2. The van der Waals surface area contributed by atoms with Crippen LogP contribution in [0.4, 0.5) is 0 Å². The largest absolute Gasteiger partial charge is 0.338 e. The van der Waals surface area contributed by atoms with Gasteiger partial charge in [0.1, 0.15) is 0 Å². The van der Waals surface area contributed by atoms with Crippen molar-refractivity contribution in [1.82, 2.24) is 19.8 Å². The number of piperidine rings is 1. The van der Waals surface area contributed by atoms with Crippen molar-refractivity contribution in [2.45, 2.75) is 26.2 Å². The van der Waals surface area contributed by atoms with Gasteiger partial charge < -0.3 is 14.8 Å². The van der Waals surface area contributed by atoms with E-state index in [1.807, 2.05) is 30.0 Å². The molecule has 2 heterocycles. The Kier molecular flexibility index (Phi) is 5.87. The van der Waals surface area contributed by atoms with Crippen molar-refractivity contribution in [2.24, 2.45) is 5.92 Å². The normalized spacial score (nSPS) is 18.2. The summed E-state index contributed by atoms with van der Waals surface area (Å²) in [5.41, 5.74) is 2.18. The molecule has 0 aliphatic carbocycles. The van der Waals surface area contributed by atoms with Crippen LogP contribution in [0.25, 0.3) is 0 Å². The summed E-state index contributed by atoms with van der Waals surface area (Å²) in [4.78, 5) is 24.6. The molecule has 0 bridgehead atoms. The lowest BCUT2D eigenvalue weighted by molar-refractivity contribution is 0.0682. The summed E-state index contributed by atoms with van der Waals surface area (Å²) in [5.74, 6) is 1.00. The number of imidazole rings is 1. The van der Waals surface area contributed by atoms with Crippen molar-refractivity contribution in [1.29, 1.82) is 0 Å². The van der Waals surface area contributed by atoms with Crippen LogP contribution in [-0.2, 0) is 6.42 Å². The van der Waals surface area contributed by atoms with Gasteiger partial charge >= 0.3 is 0 Å². The van der Waals surface area contributed by atoms with Crippen LogP contribution < -0.4 is 0 Å². The first-order valence-electron chi connectivity index (χ1n) is 9.15. The number of hydrogen-bond donors (Lipinski definition) is 1. The molecule has 1 fully saturated rings. The fourth-order valence-electron chi connectivity index (χ4n) is 3.59. The van der Waals surface area contributed by atoms with Crippen LogP contribution in [0.3, 0.4) is 0 Å². The number of carbonyl (C=O) groups is 1. The third-order valence-electron chi connectivity index (χ3n) is 4.91. The molecule has 0 saturated carbocycles. The molecular weight excluding hydrogens is 312 g/mol. The third kappa shape index (κ3) is 4.92. The minimum absolute atomic E-state index is 0.0113. The molecule has 134 valence electrons. The predicted molar refractivity (Wildman–Crippen MR) is 99.6 cm³/mol. The van der Waals surface area contributed by atoms with Crippen LogP contribution in [0, 0.1) is 12.8 Å². The highest BCUT2D eigenvalue weighted by Gasteiger charge is 2.24. The molecule has 5 nitrogen and oxygen atoms in total. The highest BCUT2D eigenvalue weighted by molar-refractivity contribution is 5.90. The molecule has 1 saturated heterocycles. The molecule has 0 radical (unpaired) electrons. The molecule has 1 amide bonds. The molecule has 1 aromatic carbocycles. The van der Waals surface area contributed by atoms with E-state index >= 15 is 0 Å². The van der Waals surface area contributed by atoms with Crippen LogP contribution in [0.1, 0.15) is 34.7 Å². The molecule has 1 N–H and O–H groups in total. The summed E-state index contributed by atoms with van der Waals surface area (Å²) in [6.07, 6.45) is 4.99. The standard InChI is InChI=1S/C20H28N4O/c1-16-13-21-19(22-16)20(25)24(12-10-17-7-4-3-5-8-17)15-18-9-6-11-23(2)14-18/h3-5,7-8,13,18H,6,9-12,14-15H2,1-2H3,(H,21,22)/t18-/m1/s1. The van der Waals surface area contributed by atoms with Gasteiger partial charge in [-0.25, -0.2) is 4.98 Å². The molecule has 5 heteroatoms. The maximum absolute atomic E-state index is 13.0. The van der Waals surface area contributed by atoms with Crippen molar-refractivity contribution in [3.63, 3.8) is 0 Å². The maximum Gasteiger partial charge on any atom is 0.289 e. The molecule has 1 aliphatic rings. The molecule has 1 atom stereocenters. The summed E-state index contributed by atoms with van der Waals surface area (Å²) in [6.45, 7) is 5.67. The van der Waals surface area contributed by atoms with Gasteiger partial charge in [0.2, 0.25) is 0 Å². The fraction of sp³-hybridized carbons (Fsp3) is 0.500. The van der Waals surface area contributed by atoms with Crippen molar-refractivity contribution < 1.29 is 4.79 Å². The highest BCUT2D eigenvalue weighted by atomic mass is 16.2. The zero-order chi connectivity index (χ0) is 17.6. The number of aryl methyl sites for hydroxylation is 1. The number of H-pyrrole nitrogens is 1. The van der Waals surface area contributed by atoms with Crippen molar-refractivity contribution in [3.05, 3.63) is 53.6 Å². The molecule has 25 heavy (non-hydrogen) atoms. The van der Waals surface area contributed by atoms with E-state index < -0.39 is 0 Å². The summed E-state index contributed by atoms with van der Waals surface area (Å²) in [7, 11) is 2.16. The van der Waals surface area contributed by atoms with Gasteiger partial charge in [-0.1, -0.05) is 30.3 Å². The molecular formula is C20H28N4O. The molecule has 3 rings (SSSR count). The van der Waals surface area contributed by atoms with Crippen LogP contribution in [0.15, 0.2) is 36.5 Å². The predicted octanol–water partition coefficient (Wildman–Crippen LogP) is 2.74. The Morgan fingerprint density at radius 3 is 2.84 bits per heavy atom. The topological polar surface area (TPSA) is 52.2 Å². The zero-order valence-corrected chi connectivity index (χ0v) is 15.2. The molecule has 0 spiro atoms. The average molecular weight is 340 g/mol. The Morgan fingerprint density at radius 2 is 2.16 bits per heavy atom. The number of nitrogens with one attached hydrogen (secondary N) is 1. The van der Waals surface area contributed by atoms with Gasteiger partial charge in [-0.3, -0.25) is 4.79 Å². The van der Waals surface area contributed by atoms with Crippen LogP contribution >= 0.6 is 0 Å². The van der Waals surface area contributed by atoms with E-state index in [0.29, 0.717) is 11.7 Å². The van der Waals surface area contributed by atoms with Gasteiger partial charge in [-0.2, -0.15) is 0 Å². The number of hydrogen-bond acceptors (Lipinski definition) is 3. The number of aromatic nitrogens is 2. The van der Waals surface area contributed by atoms with Crippen molar-refractivity contribution in [3.8, 4) is 0 Å². The van der Waals surface area contributed by atoms with E-state index in [2.05, 4.69) is 34.0 Å². The Bertz CT molecular complexity index is 682. The second-order valence-corrected chi connectivity index (χ2v) is 7.17. The van der Waals surface area contributed by atoms with Crippen molar-refractivity contribution in [2.75, 3.05) is 33.2 Å². The van der Waals surface area contributed by atoms with Gasteiger partial charge in [-0.05, 0) is 51.3 Å². The van der Waals surface area contributed by atoms with Gasteiger partial charge in [0.15, 0.2) is 5.82 Å². The number of carbonyl (C=O) groups excluding carboxylic acids is 1. The van der Waals surface area contributed by atoms with Gasteiger partial charge in [0, 0.05) is 31.5 Å². The van der Waals surface area contributed by atoms with E-state index in [1.54, 1.807) is 6.20 Å². The molecule has 1 aliphatic heterocycles. The number of rotatable bonds is 6. The monoisotopic (exact) mass is 340 g/mol. The summed E-state index contributed by atoms with van der Waals surface area (Å²) < 4.78 is 0. The minimum Gasteiger partial charge on any atom is -0.338 e. The minimum atomic E-state index is 0.0113. The van der Waals surface area contributed by atoms with Crippen molar-refractivity contribution >= 4 is 5.91 Å². The van der Waals surface area contributed by atoms with E-state index in [9.17, 15) is 4.79 Å². The molecule has 2 aromatic rings. The Morgan fingerprint density at radius 1 is 1.36 bits per heavy atom. The lowest BCUT2D eigenvalue weighted by atomic mass is 9.97. The number of benzene rings is 1. The first-order chi connectivity index (χ1) is 12.1. The average Bonchev–Trinajstić information content (AvgIpc) is 3.05. The fourth-order valence-corrected chi connectivity index (χ4v) is 3.59. The van der Waals surface area contributed by atoms with Crippen LogP contribution in [0.5, 0.6) is 0 Å². The van der Waals surface area contributed by atoms with E-state index in [0.717, 1.165) is 38.3 Å². The Labute approximate surface area is 150 Å². The third-order valence-corrected chi connectivity index (χ3v) is 4.91.